The lowest BCUT2D eigenvalue weighted by atomic mass is 10.00. The van der Waals surface area contributed by atoms with Crippen LogP contribution in [0.25, 0.3) is 0 Å². The Balaban J connectivity index is 1.96. The highest BCUT2D eigenvalue weighted by Gasteiger charge is 2.48. The quantitative estimate of drug-likeness (QED) is 0.670. The van der Waals surface area contributed by atoms with Crippen molar-refractivity contribution in [3.63, 3.8) is 0 Å². The number of carboxylic acids is 1. The maximum absolute atomic E-state index is 12.3. The van der Waals surface area contributed by atoms with E-state index < -0.39 is 24.0 Å². The van der Waals surface area contributed by atoms with Crippen molar-refractivity contribution in [2.45, 2.75) is 57.7 Å². The minimum atomic E-state index is -1.10. The second kappa shape index (κ2) is 6.95. The highest BCUT2D eigenvalue weighted by Crippen LogP contribution is 2.30. The van der Waals surface area contributed by atoms with E-state index in [1.807, 2.05) is 6.92 Å². The summed E-state index contributed by atoms with van der Waals surface area (Å²) in [6, 6.07) is -1.92. The van der Waals surface area contributed by atoms with E-state index in [0.29, 0.717) is 26.0 Å². The van der Waals surface area contributed by atoms with Crippen molar-refractivity contribution in [3.05, 3.63) is 0 Å². The molecular formula is C14H23N3O5. The maximum Gasteiger partial charge on any atom is 0.345 e. The lowest BCUT2D eigenvalue weighted by Crippen LogP contribution is -2.52. The number of aliphatic carboxylic acids is 1. The topological polar surface area (TPSA) is 99.2 Å². The van der Waals surface area contributed by atoms with Gasteiger partial charge < -0.3 is 15.3 Å². The number of carboxylic acid groups (broad SMARTS) is 1. The molecule has 0 saturated carbocycles. The van der Waals surface area contributed by atoms with Gasteiger partial charge in [-0.2, -0.15) is 5.06 Å². The van der Waals surface area contributed by atoms with Gasteiger partial charge in [0.25, 0.3) is 0 Å². The van der Waals surface area contributed by atoms with E-state index in [-0.39, 0.29) is 12.1 Å². The number of nitrogens with one attached hydrogen (secondary N) is 1. The predicted octanol–water partition coefficient (Wildman–Crippen LogP) is 0.576. The number of fused-ring (bicyclic) bond motifs is 2. The van der Waals surface area contributed by atoms with Crippen molar-refractivity contribution in [3.8, 4) is 0 Å². The average molecular weight is 313 g/mol. The van der Waals surface area contributed by atoms with Gasteiger partial charge >= 0.3 is 12.0 Å². The monoisotopic (exact) mass is 313 g/mol. The summed E-state index contributed by atoms with van der Waals surface area (Å²) in [6.45, 7) is 4.38. The van der Waals surface area contributed by atoms with E-state index >= 15 is 0 Å². The van der Waals surface area contributed by atoms with Gasteiger partial charge in [0.15, 0.2) is 0 Å². The Bertz CT molecular complexity index is 456. The van der Waals surface area contributed by atoms with Crippen LogP contribution in [0.5, 0.6) is 0 Å². The van der Waals surface area contributed by atoms with E-state index in [1.54, 1.807) is 0 Å². The fourth-order valence-corrected chi connectivity index (χ4v) is 2.75. The molecule has 2 rings (SSSR count). The summed E-state index contributed by atoms with van der Waals surface area (Å²) in [5.74, 6) is -1.52. The molecule has 0 spiro atoms. The molecule has 124 valence electrons. The number of rotatable bonds is 7. The van der Waals surface area contributed by atoms with Crippen molar-refractivity contribution in [2.75, 3.05) is 13.2 Å². The van der Waals surface area contributed by atoms with Gasteiger partial charge in [0.2, 0.25) is 5.91 Å². The number of amides is 3. The van der Waals surface area contributed by atoms with Crippen molar-refractivity contribution in [1.82, 2.24) is 15.3 Å². The van der Waals surface area contributed by atoms with Crippen LogP contribution in [0.1, 0.15) is 39.5 Å². The summed E-state index contributed by atoms with van der Waals surface area (Å²) in [5, 5.41) is 12.7. The number of piperidine rings is 1. The molecule has 1 unspecified atom stereocenters. The van der Waals surface area contributed by atoms with Gasteiger partial charge in [0, 0.05) is 6.54 Å². The molecular weight excluding hydrogens is 290 g/mol. The third kappa shape index (κ3) is 3.32. The molecule has 8 nitrogen and oxygen atoms in total. The molecule has 3 amide bonds. The minimum absolute atomic E-state index is 0.0229. The van der Waals surface area contributed by atoms with Gasteiger partial charge in [-0.15, -0.1) is 0 Å². The molecule has 0 aromatic heterocycles. The fraction of sp³-hybridized carbons (Fsp3) is 0.786. The van der Waals surface area contributed by atoms with Crippen LogP contribution < -0.4 is 5.32 Å². The maximum atomic E-state index is 12.3. The third-order valence-electron chi connectivity index (χ3n) is 4.08. The molecule has 2 fully saturated rings. The van der Waals surface area contributed by atoms with Crippen molar-refractivity contribution >= 4 is 17.9 Å². The van der Waals surface area contributed by atoms with Crippen LogP contribution >= 0.6 is 0 Å². The van der Waals surface area contributed by atoms with Crippen molar-refractivity contribution in [1.29, 1.82) is 0 Å². The van der Waals surface area contributed by atoms with Gasteiger partial charge in [-0.25, -0.2) is 4.79 Å². The number of hydroxylamine groups is 2. The highest BCUT2D eigenvalue weighted by atomic mass is 16.7. The van der Waals surface area contributed by atoms with Crippen LogP contribution in [-0.4, -0.2) is 64.3 Å². The summed E-state index contributed by atoms with van der Waals surface area (Å²) in [4.78, 5) is 42.4. The molecule has 0 aliphatic carbocycles. The van der Waals surface area contributed by atoms with Crippen LogP contribution in [0.3, 0.4) is 0 Å². The lowest BCUT2D eigenvalue weighted by Gasteiger charge is -2.29. The number of unbranched alkanes of at least 4 members (excludes halogenated alkanes) is 1. The summed E-state index contributed by atoms with van der Waals surface area (Å²) in [5.41, 5.74) is 0. The first-order valence-electron chi connectivity index (χ1n) is 7.71. The van der Waals surface area contributed by atoms with E-state index in [2.05, 4.69) is 5.32 Å². The van der Waals surface area contributed by atoms with Crippen molar-refractivity contribution in [2.24, 2.45) is 0 Å². The molecule has 3 atom stereocenters. The van der Waals surface area contributed by atoms with E-state index in [4.69, 9.17) is 9.94 Å². The molecule has 2 N–H and O–H groups in total. The Labute approximate surface area is 129 Å². The summed E-state index contributed by atoms with van der Waals surface area (Å²) in [7, 11) is 0. The summed E-state index contributed by atoms with van der Waals surface area (Å²) < 4.78 is 0. The van der Waals surface area contributed by atoms with Crippen LogP contribution in [0.2, 0.25) is 0 Å². The van der Waals surface area contributed by atoms with Gasteiger partial charge in [-0.1, -0.05) is 13.3 Å². The summed E-state index contributed by atoms with van der Waals surface area (Å²) >= 11 is 0. The fourth-order valence-electron chi connectivity index (χ4n) is 2.75. The third-order valence-corrected chi connectivity index (χ3v) is 4.08. The van der Waals surface area contributed by atoms with Crippen LogP contribution in [-0.2, 0) is 14.4 Å². The number of carbonyl (C=O) groups is 3. The molecule has 2 saturated heterocycles. The molecule has 2 heterocycles. The number of hydrogen-bond donors (Lipinski definition) is 2. The predicted molar refractivity (Wildman–Crippen MR) is 76.9 cm³/mol. The molecule has 2 bridgehead atoms. The SMILES string of the molecule is CCCCON1C(=O)N2CC1CC[C@H]2C(=O)N[C@@H](C)C(=O)O. The second-order valence-corrected chi connectivity index (χ2v) is 5.76. The van der Waals surface area contributed by atoms with E-state index in [1.165, 1.54) is 16.9 Å². The zero-order chi connectivity index (χ0) is 16.3. The molecule has 2 aliphatic heterocycles. The molecule has 0 aromatic carbocycles. The number of hydrogen-bond acceptors (Lipinski definition) is 4. The Morgan fingerprint density at radius 3 is 2.82 bits per heavy atom. The normalized spacial score (nSPS) is 25.3. The molecule has 2 aliphatic rings. The summed E-state index contributed by atoms with van der Waals surface area (Å²) in [6.07, 6.45) is 3.04. The molecule has 8 heteroatoms. The largest absolute Gasteiger partial charge is 0.480 e. The van der Waals surface area contributed by atoms with Crippen LogP contribution in [0, 0.1) is 0 Å². The minimum Gasteiger partial charge on any atom is -0.480 e. The smallest absolute Gasteiger partial charge is 0.345 e. The number of carbonyl (C=O) groups excluding carboxylic acids is 2. The Morgan fingerprint density at radius 2 is 2.18 bits per heavy atom. The van der Waals surface area contributed by atoms with E-state index in [0.717, 1.165) is 12.8 Å². The molecule has 0 aromatic rings. The first-order chi connectivity index (χ1) is 10.5. The highest BCUT2D eigenvalue weighted by molar-refractivity contribution is 5.90. The van der Waals surface area contributed by atoms with Gasteiger partial charge in [0.1, 0.15) is 12.1 Å². The Kier molecular flexibility index (Phi) is 5.23. The first-order valence-corrected chi connectivity index (χ1v) is 7.71. The number of urea groups is 1. The van der Waals surface area contributed by atoms with E-state index in [9.17, 15) is 14.4 Å². The number of nitrogens with zero attached hydrogens (tertiary/aromatic N) is 2. The zero-order valence-corrected chi connectivity index (χ0v) is 12.9. The first kappa shape index (κ1) is 16.5. The lowest BCUT2D eigenvalue weighted by molar-refractivity contribution is -0.142. The Morgan fingerprint density at radius 1 is 1.45 bits per heavy atom. The van der Waals surface area contributed by atoms with Gasteiger partial charge in [0.05, 0.1) is 12.6 Å². The average Bonchev–Trinajstić information content (AvgIpc) is 2.72. The van der Waals surface area contributed by atoms with Crippen LogP contribution in [0.15, 0.2) is 0 Å². The molecule has 22 heavy (non-hydrogen) atoms. The zero-order valence-electron chi connectivity index (χ0n) is 12.9. The van der Waals surface area contributed by atoms with Gasteiger partial charge in [-0.3, -0.25) is 14.4 Å². The van der Waals surface area contributed by atoms with Crippen LogP contribution in [0.4, 0.5) is 4.79 Å². The standard InChI is InChI=1S/C14H23N3O5/c1-3-4-7-22-17-10-5-6-11(16(8-10)14(17)21)12(18)15-9(2)13(19)20/h9-11H,3-8H2,1-2H3,(H,15,18)(H,19,20)/t9-,10?,11-/m0/s1. The second-order valence-electron chi connectivity index (χ2n) is 5.76. The molecule has 0 radical (unpaired) electrons. The van der Waals surface area contributed by atoms with Crippen molar-refractivity contribution < 1.29 is 24.3 Å². The van der Waals surface area contributed by atoms with Gasteiger partial charge in [-0.05, 0) is 26.2 Å². The Hall–Kier alpha value is -1.83.